The maximum atomic E-state index is 6.04. The average Bonchev–Trinajstić information content (AvgIpc) is 2.34. The summed E-state index contributed by atoms with van der Waals surface area (Å²) in [7, 11) is 0. The molecule has 2 heteroatoms. The predicted octanol–water partition coefficient (Wildman–Crippen LogP) is 2.21. The lowest BCUT2D eigenvalue weighted by molar-refractivity contribution is -0.949. The van der Waals surface area contributed by atoms with Gasteiger partial charge in [0.05, 0.1) is 19.6 Å². The first-order chi connectivity index (χ1) is 7.77. The zero-order chi connectivity index (χ0) is 11.0. The molecule has 3 saturated heterocycles. The van der Waals surface area contributed by atoms with Crippen LogP contribution in [-0.4, -0.2) is 24.1 Å². The van der Waals surface area contributed by atoms with Gasteiger partial charge in [0.2, 0.25) is 0 Å². The molecule has 0 aromatic heterocycles. The van der Waals surface area contributed by atoms with Crippen LogP contribution in [0.25, 0.3) is 0 Å². The van der Waals surface area contributed by atoms with Crippen molar-refractivity contribution in [2.75, 3.05) is 25.4 Å². The van der Waals surface area contributed by atoms with Crippen LogP contribution in [0, 0.1) is 12.3 Å². The maximum Gasteiger partial charge on any atom is 0.106 e. The Morgan fingerprint density at radius 3 is 2.56 bits per heavy atom. The van der Waals surface area contributed by atoms with Crippen LogP contribution in [0.15, 0.2) is 24.3 Å². The topological polar surface area (TPSA) is 26.0 Å². The summed E-state index contributed by atoms with van der Waals surface area (Å²) < 4.78 is 1.24. The summed E-state index contributed by atoms with van der Waals surface area (Å²) in [5.74, 6) is 0.910. The van der Waals surface area contributed by atoms with Crippen LogP contribution in [0.2, 0.25) is 0 Å². The fourth-order valence-electron chi connectivity index (χ4n) is 3.19. The Labute approximate surface area is 97.6 Å². The Balaban J connectivity index is 1.81. The predicted molar refractivity (Wildman–Crippen MR) is 66.4 cm³/mol. The van der Waals surface area contributed by atoms with E-state index in [9.17, 15) is 0 Å². The Morgan fingerprint density at radius 2 is 1.94 bits per heavy atom. The van der Waals surface area contributed by atoms with Crippen LogP contribution >= 0.6 is 0 Å². The van der Waals surface area contributed by atoms with E-state index >= 15 is 0 Å². The second-order valence-electron chi connectivity index (χ2n) is 5.40. The number of piperidine rings is 3. The smallest absolute Gasteiger partial charge is 0.106 e. The van der Waals surface area contributed by atoms with Gasteiger partial charge in [0.15, 0.2) is 0 Å². The van der Waals surface area contributed by atoms with Crippen molar-refractivity contribution in [1.29, 1.82) is 0 Å². The van der Waals surface area contributed by atoms with Crippen LogP contribution in [0.5, 0.6) is 0 Å². The van der Waals surface area contributed by atoms with Gasteiger partial charge in [-0.25, -0.2) is 0 Å². The summed E-state index contributed by atoms with van der Waals surface area (Å²) in [4.78, 5) is 0. The molecule has 1 aromatic rings. The minimum Gasteiger partial charge on any atom is -0.398 e. The van der Waals surface area contributed by atoms with Crippen molar-refractivity contribution in [1.82, 2.24) is 0 Å². The number of nitrogens with zero attached hydrogens (tertiary/aromatic N) is 1. The molecule has 3 aliphatic rings. The Hall–Kier alpha value is -1.02. The first kappa shape index (κ1) is 10.2. The SMILES string of the molecule is Nc1ccccc1C[N+]12C[CH]C(CC1)CC2. The Kier molecular flexibility index (Phi) is 2.40. The van der Waals surface area contributed by atoms with Crippen LogP contribution in [0.4, 0.5) is 5.69 Å². The molecule has 0 unspecified atom stereocenters. The quantitative estimate of drug-likeness (QED) is 0.595. The summed E-state index contributed by atoms with van der Waals surface area (Å²) in [6, 6.07) is 8.33. The van der Waals surface area contributed by atoms with Crippen molar-refractivity contribution in [2.24, 2.45) is 5.92 Å². The minimum atomic E-state index is 0.910. The number of nitrogen functional groups attached to an aromatic ring is 1. The first-order valence-corrected chi connectivity index (χ1v) is 6.29. The molecule has 0 amide bonds. The van der Waals surface area contributed by atoms with E-state index in [1.807, 2.05) is 12.1 Å². The van der Waals surface area contributed by atoms with Crippen LogP contribution in [0.3, 0.4) is 0 Å². The van der Waals surface area contributed by atoms with Gasteiger partial charge in [-0.15, -0.1) is 0 Å². The molecule has 85 valence electrons. The van der Waals surface area contributed by atoms with E-state index in [4.69, 9.17) is 5.73 Å². The highest BCUT2D eigenvalue weighted by Crippen LogP contribution is 2.35. The van der Waals surface area contributed by atoms with Crippen molar-refractivity contribution >= 4 is 5.69 Å². The number of hydrogen-bond donors (Lipinski definition) is 1. The van der Waals surface area contributed by atoms with E-state index in [-0.39, 0.29) is 0 Å². The molecule has 2 N–H and O–H groups in total. The second-order valence-corrected chi connectivity index (χ2v) is 5.40. The van der Waals surface area contributed by atoms with Crippen molar-refractivity contribution in [2.45, 2.75) is 19.4 Å². The maximum absolute atomic E-state index is 6.04. The Morgan fingerprint density at radius 1 is 1.19 bits per heavy atom. The average molecular weight is 216 g/mol. The third-order valence-corrected chi connectivity index (χ3v) is 4.34. The van der Waals surface area contributed by atoms with Gasteiger partial charge in [-0.3, -0.25) is 0 Å². The Bertz CT molecular complexity index is 364. The van der Waals surface area contributed by atoms with Gasteiger partial charge in [-0.2, -0.15) is 0 Å². The minimum absolute atomic E-state index is 0.910. The van der Waals surface area contributed by atoms with Gasteiger partial charge in [-0.1, -0.05) is 18.2 Å². The van der Waals surface area contributed by atoms with Crippen LogP contribution in [0.1, 0.15) is 18.4 Å². The normalized spacial score (nSPS) is 32.9. The van der Waals surface area contributed by atoms with Crippen LogP contribution in [-0.2, 0) is 6.54 Å². The summed E-state index contributed by atoms with van der Waals surface area (Å²) in [5, 5.41) is 0. The molecular formula is C14H20N2+. The largest absolute Gasteiger partial charge is 0.398 e. The van der Waals surface area contributed by atoms with Crippen molar-refractivity contribution < 1.29 is 4.48 Å². The van der Waals surface area contributed by atoms with Gasteiger partial charge in [0.1, 0.15) is 6.54 Å². The molecule has 0 saturated carbocycles. The summed E-state index contributed by atoms with van der Waals surface area (Å²) in [6.07, 6.45) is 5.30. The third kappa shape index (κ3) is 1.71. The molecule has 1 radical (unpaired) electrons. The van der Waals surface area contributed by atoms with E-state index < -0.39 is 0 Å². The number of rotatable bonds is 2. The molecule has 1 aromatic carbocycles. The van der Waals surface area contributed by atoms with Gasteiger partial charge < -0.3 is 10.2 Å². The lowest BCUT2D eigenvalue weighted by Crippen LogP contribution is -2.57. The van der Waals surface area contributed by atoms with E-state index in [1.165, 1.54) is 42.5 Å². The van der Waals surface area contributed by atoms with Gasteiger partial charge >= 0.3 is 0 Å². The van der Waals surface area contributed by atoms with Crippen LogP contribution < -0.4 is 5.73 Å². The summed E-state index contributed by atoms with van der Waals surface area (Å²) in [5.41, 5.74) is 8.33. The number of quaternary nitrogens is 1. The fraction of sp³-hybridized carbons (Fsp3) is 0.500. The third-order valence-electron chi connectivity index (χ3n) is 4.34. The number of fused-ring (bicyclic) bond motifs is 3. The van der Waals surface area contributed by atoms with Gasteiger partial charge in [0.25, 0.3) is 0 Å². The van der Waals surface area contributed by atoms with E-state index in [0.29, 0.717) is 0 Å². The number of hydrogen-bond acceptors (Lipinski definition) is 1. The zero-order valence-electron chi connectivity index (χ0n) is 9.73. The summed E-state index contributed by atoms with van der Waals surface area (Å²) >= 11 is 0. The first-order valence-electron chi connectivity index (χ1n) is 6.29. The molecule has 2 nitrogen and oxygen atoms in total. The summed E-state index contributed by atoms with van der Waals surface area (Å²) in [6.45, 7) is 5.06. The lowest BCUT2D eigenvalue weighted by Gasteiger charge is -2.49. The number of anilines is 1. The molecular weight excluding hydrogens is 196 g/mol. The molecule has 2 bridgehead atoms. The molecule has 3 aliphatic heterocycles. The van der Waals surface area contributed by atoms with Crippen molar-refractivity contribution in [3.05, 3.63) is 36.2 Å². The molecule has 4 rings (SSSR count). The lowest BCUT2D eigenvalue weighted by atomic mass is 9.85. The number of benzene rings is 1. The van der Waals surface area contributed by atoms with E-state index in [0.717, 1.165) is 18.2 Å². The zero-order valence-corrected chi connectivity index (χ0v) is 9.73. The second kappa shape index (κ2) is 3.77. The number of para-hydroxylation sites is 1. The highest BCUT2D eigenvalue weighted by atomic mass is 15.4. The molecule has 3 fully saturated rings. The number of nitrogens with two attached hydrogens (primary N) is 1. The molecule has 0 aliphatic carbocycles. The van der Waals surface area contributed by atoms with Gasteiger partial charge in [-0.05, 0) is 12.0 Å². The molecule has 0 atom stereocenters. The van der Waals surface area contributed by atoms with E-state index in [2.05, 4.69) is 18.6 Å². The standard InChI is InChI=1S/C14H20N2/c15-14-4-2-1-3-13(14)11-16-8-5-12(6-9-16)7-10-16/h1-5,12H,6-11,15H2/q+1. The monoisotopic (exact) mass is 216 g/mol. The molecule has 0 spiro atoms. The highest BCUT2D eigenvalue weighted by molar-refractivity contribution is 5.45. The highest BCUT2D eigenvalue weighted by Gasteiger charge is 2.39. The van der Waals surface area contributed by atoms with E-state index in [1.54, 1.807) is 0 Å². The fourth-order valence-corrected chi connectivity index (χ4v) is 3.19. The molecule has 3 heterocycles. The van der Waals surface area contributed by atoms with Crippen molar-refractivity contribution in [3.63, 3.8) is 0 Å². The van der Waals surface area contributed by atoms with Gasteiger partial charge in [0, 0.05) is 30.5 Å². The molecule has 16 heavy (non-hydrogen) atoms. The van der Waals surface area contributed by atoms with Crippen molar-refractivity contribution in [3.8, 4) is 0 Å².